The van der Waals surface area contributed by atoms with Gasteiger partial charge in [0.25, 0.3) is 0 Å². The van der Waals surface area contributed by atoms with Crippen LogP contribution in [0.3, 0.4) is 0 Å². The molecule has 2 rings (SSSR count). The Bertz CT molecular complexity index is 853. The fraction of sp³-hybridized carbons (Fsp3) is 0.600. The van der Waals surface area contributed by atoms with Crippen LogP contribution in [0, 0.1) is 0 Å². The first-order chi connectivity index (χ1) is 16.2. The molecule has 0 aromatic heterocycles. The number of ether oxygens (including phenoxy) is 3. The molecule has 0 atom stereocenters. The molecule has 0 radical (unpaired) electrons. The van der Waals surface area contributed by atoms with E-state index in [0.717, 1.165) is 5.56 Å². The molecule has 1 fully saturated rings. The largest absolute Gasteiger partial charge is 0.461 e. The van der Waals surface area contributed by atoms with Crippen LogP contribution in [0.2, 0.25) is 0 Å². The third kappa shape index (κ3) is 9.84. The van der Waals surface area contributed by atoms with Crippen LogP contribution in [0.25, 0.3) is 0 Å². The third-order valence-electron chi connectivity index (χ3n) is 4.80. The molecule has 1 aliphatic heterocycles. The summed E-state index contributed by atoms with van der Waals surface area (Å²) in [5.41, 5.74) is -0.666. The average molecular weight is 492 g/mol. The summed E-state index contributed by atoms with van der Waals surface area (Å²) in [4.78, 5) is 52.0. The van der Waals surface area contributed by atoms with Crippen molar-refractivity contribution < 1.29 is 33.4 Å². The number of nitrogens with zero attached hydrogens (tertiary/aromatic N) is 3. The lowest BCUT2D eigenvalue weighted by Gasteiger charge is -2.35. The number of hydrazine groups is 1. The number of rotatable bonds is 5. The summed E-state index contributed by atoms with van der Waals surface area (Å²) >= 11 is 0. The quantitative estimate of drug-likeness (QED) is 0.456. The minimum Gasteiger partial charge on any atom is -0.461 e. The maximum absolute atomic E-state index is 12.8. The van der Waals surface area contributed by atoms with Crippen molar-refractivity contribution in [3.8, 4) is 0 Å². The number of amides is 3. The highest BCUT2D eigenvalue weighted by atomic mass is 16.6. The first-order valence-electron chi connectivity index (χ1n) is 11.7. The third-order valence-corrected chi connectivity index (χ3v) is 4.80. The second-order valence-corrected chi connectivity index (χ2v) is 10.2. The highest BCUT2D eigenvalue weighted by Gasteiger charge is 2.36. The number of esters is 1. The van der Waals surface area contributed by atoms with E-state index in [9.17, 15) is 19.2 Å². The van der Waals surface area contributed by atoms with Gasteiger partial charge in [-0.25, -0.2) is 19.6 Å². The fourth-order valence-electron chi connectivity index (χ4n) is 3.22. The number of benzene rings is 1. The summed E-state index contributed by atoms with van der Waals surface area (Å²) in [7, 11) is 0. The zero-order valence-corrected chi connectivity index (χ0v) is 21.5. The Balaban J connectivity index is 1.98. The van der Waals surface area contributed by atoms with Crippen molar-refractivity contribution >= 4 is 24.1 Å². The fourth-order valence-corrected chi connectivity index (χ4v) is 3.22. The van der Waals surface area contributed by atoms with Crippen molar-refractivity contribution in [2.45, 2.75) is 72.2 Å². The maximum Gasteiger partial charge on any atom is 0.429 e. The molecule has 1 aromatic rings. The van der Waals surface area contributed by atoms with Gasteiger partial charge in [0.15, 0.2) is 0 Å². The van der Waals surface area contributed by atoms with E-state index in [2.05, 4.69) is 0 Å². The minimum absolute atomic E-state index is 0.0352. The molecule has 0 spiro atoms. The van der Waals surface area contributed by atoms with Crippen LogP contribution in [0.5, 0.6) is 0 Å². The van der Waals surface area contributed by atoms with Gasteiger partial charge in [-0.05, 0) is 47.1 Å². The molecule has 0 aliphatic carbocycles. The Morgan fingerprint density at radius 1 is 0.743 bits per heavy atom. The predicted molar refractivity (Wildman–Crippen MR) is 128 cm³/mol. The molecule has 194 valence electrons. The summed E-state index contributed by atoms with van der Waals surface area (Å²) in [6.45, 7) is 11.0. The van der Waals surface area contributed by atoms with Gasteiger partial charge >= 0.3 is 18.2 Å². The molecular weight excluding hydrogens is 454 g/mol. The number of hydrogen-bond donors (Lipinski definition) is 0. The summed E-state index contributed by atoms with van der Waals surface area (Å²) < 4.78 is 16.1. The van der Waals surface area contributed by atoms with Gasteiger partial charge in [-0.15, -0.1) is 0 Å². The Hall–Kier alpha value is -3.30. The monoisotopic (exact) mass is 491 g/mol. The molecule has 10 nitrogen and oxygen atoms in total. The smallest absolute Gasteiger partial charge is 0.429 e. The van der Waals surface area contributed by atoms with E-state index in [1.54, 1.807) is 41.5 Å². The van der Waals surface area contributed by atoms with Crippen LogP contribution in [0.15, 0.2) is 30.3 Å². The van der Waals surface area contributed by atoms with E-state index >= 15 is 0 Å². The van der Waals surface area contributed by atoms with Crippen LogP contribution < -0.4 is 0 Å². The number of hydrogen-bond acceptors (Lipinski definition) is 7. The number of carbonyl (C=O) groups is 4. The average Bonchev–Trinajstić information content (AvgIpc) is 2.98. The Kier molecular flexibility index (Phi) is 9.50. The van der Waals surface area contributed by atoms with Crippen molar-refractivity contribution in [3.05, 3.63) is 35.9 Å². The lowest BCUT2D eigenvalue weighted by Crippen LogP contribution is -2.53. The highest BCUT2D eigenvalue weighted by Crippen LogP contribution is 2.18. The molecule has 35 heavy (non-hydrogen) atoms. The van der Waals surface area contributed by atoms with Gasteiger partial charge in [-0.2, -0.15) is 0 Å². The van der Waals surface area contributed by atoms with Crippen molar-refractivity contribution in [3.63, 3.8) is 0 Å². The van der Waals surface area contributed by atoms with Gasteiger partial charge in [0.05, 0.1) is 19.5 Å². The molecular formula is C25H37N3O7. The second-order valence-electron chi connectivity index (χ2n) is 10.2. The lowest BCUT2D eigenvalue weighted by molar-refractivity contribution is -0.147. The molecule has 10 heteroatoms. The van der Waals surface area contributed by atoms with E-state index in [1.165, 1.54) is 14.9 Å². The van der Waals surface area contributed by atoms with E-state index < -0.39 is 29.4 Å². The van der Waals surface area contributed by atoms with E-state index in [4.69, 9.17) is 14.2 Å². The van der Waals surface area contributed by atoms with Gasteiger partial charge in [-0.1, -0.05) is 30.3 Å². The minimum atomic E-state index is -0.765. The first kappa shape index (κ1) is 27.9. The molecule has 0 unspecified atom stereocenters. The van der Waals surface area contributed by atoms with Gasteiger partial charge in [0.1, 0.15) is 17.8 Å². The normalized spacial score (nSPS) is 14.7. The van der Waals surface area contributed by atoms with Crippen LogP contribution >= 0.6 is 0 Å². The Morgan fingerprint density at radius 2 is 1.23 bits per heavy atom. The zero-order chi connectivity index (χ0) is 26.2. The summed E-state index contributed by atoms with van der Waals surface area (Å²) in [5, 5.41) is 2.33. The van der Waals surface area contributed by atoms with Crippen LogP contribution in [0.4, 0.5) is 9.59 Å². The lowest BCUT2D eigenvalue weighted by atomic mass is 10.2. The van der Waals surface area contributed by atoms with Gasteiger partial charge in [-0.3, -0.25) is 9.59 Å². The molecule has 3 amide bonds. The summed E-state index contributed by atoms with van der Waals surface area (Å²) in [6, 6.07) is 9.28. The Morgan fingerprint density at radius 3 is 1.69 bits per heavy atom. The number of carbonyl (C=O) groups excluding carboxylic acids is 4. The maximum atomic E-state index is 12.8. The van der Waals surface area contributed by atoms with Crippen LogP contribution in [-0.4, -0.2) is 76.4 Å². The predicted octanol–water partition coefficient (Wildman–Crippen LogP) is 3.74. The van der Waals surface area contributed by atoms with Gasteiger partial charge in [0, 0.05) is 19.5 Å². The Labute approximate surface area is 207 Å². The highest BCUT2D eigenvalue weighted by molar-refractivity contribution is 5.82. The molecule has 0 bridgehead atoms. The summed E-state index contributed by atoms with van der Waals surface area (Å²) in [5.74, 6) is -0.736. The van der Waals surface area contributed by atoms with Crippen molar-refractivity contribution in [1.82, 2.24) is 14.9 Å². The van der Waals surface area contributed by atoms with Crippen LogP contribution in [0.1, 0.15) is 59.9 Å². The molecule has 0 N–H and O–H groups in total. The molecule has 0 saturated carbocycles. The molecule has 1 aromatic carbocycles. The van der Waals surface area contributed by atoms with Crippen molar-refractivity contribution in [2.24, 2.45) is 0 Å². The first-order valence-corrected chi connectivity index (χ1v) is 11.7. The van der Waals surface area contributed by atoms with Crippen molar-refractivity contribution in [2.75, 3.05) is 26.2 Å². The molecule has 1 heterocycles. The van der Waals surface area contributed by atoms with Crippen LogP contribution in [-0.2, 0) is 30.4 Å². The zero-order valence-electron chi connectivity index (χ0n) is 21.5. The van der Waals surface area contributed by atoms with Gasteiger partial charge in [0.2, 0.25) is 5.91 Å². The topological polar surface area (TPSA) is 106 Å². The van der Waals surface area contributed by atoms with Crippen molar-refractivity contribution in [1.29, 1.82) is 0 Å². The molecule has 1 aliphatic rings. The SMILES string of the molecule is CC(C)(C)OC(=O)N1CCN(C(=O)CCC(=O)OCc2ccccc2)CCN1C(=O)OC(C)(C)C. The standard InChI is InChI=1S/C25H37N3O7/c1-24(2,3)34-22(31)27-16-14-26(15-17-28(27)23(32)35-25(4,5)6)20(29)12-13-21(30)33-18-19-10-8-7-9-11-19/h7-11H,12-18H2,1-6H3. The van der Waals surface area contributed by atoms with E-state index in [0.29, 0.717) is 0 Å². The van der Waals surface area contributed by atoms with E-state index in [-0.39, 0.29) is 51.5 Å². The summed E-state index contributed by atoms with van der Waals surface area (Å²) in [6.07, 6.45) is -1.51. The van der Waals surface area contributed by atoms with Gasteiger partial charge < -0.3 is 19.1 Å². The second kappa shape index (κ2) is 11.9. The molecule has 1 saturated heterocycles. The van der Waals surface area contributed by atoms with E-state index in [1.807, 2.05) is 30.3 Å².